The number of nitrogens with zero attached hydrogens (tertiary/aromatic N) is 2. The van der Waals surface area contributed by atoms with E-state index in [1.807, 2.05) is 36.4 Å². The highest BCUT2D eigenvalue weighted by Crippen LogP contribution is 2.46. The van der Waals surface area contributed by atoms with Crippen molar-refractivity contribution in [2.75, 3.05) is 19.8 Å². The van der Waals surface area contributed by atoms with E-state index in [1.165, 1.54) is 4.90 Å². The summed E-state index contributed by atoms with van der Waals surface area (Å²) in [5, 5.41) is 4.94. The van der Waals surface area contributed by atoms with Crippen molar-refractivity contribution in [2.45, 2.75) is 119 Å². The van der Waals surface area contributed by atoms with Gasteiger partial charge in [-0.3, -0.25) is 24.0 Å². The molecule has 2 saturated heterocycles. The van der Waals surface area contributed by atoms with Gasteiger partial charge in [-0.1, -0.05) is 49.3 Å². The molecule has 15 nitrogen and oxygen atoms in total. The lowest BCUT2D eigenvalue weighted by molar-refractivity contribution is -0.141. The van der Waals surface area contributed by atoms with Crippen LogP contribution in [0.4, 0.5) is 9.59 Å². The summed E-state index contributed by atoms with van der Waals surface area (Å²) in [6.45, 7) is 1.55. The van der Waals surface area contributed by atoms with Crippen LogP contribution in [-0.2, 0) is 51.7 Å². The molecule has 5 atom stereocenters. The molecule has 282 valence electrons. The average Bonchev–Trinajstić information content (AvgIpc) is 4.01. The number of rotatable bonds is 6. The first-order valence-corrected chi connectivity index (χ1v) is 20.0. The van der Waals surface area contributed by atoms with E-state index in [0.717, 1.165) is 24.0 Å². The largest absolute Gasteiger partial charge is 0.446 e. The molecule has 0 spiro atoms. The minimum Gasteiger partial charge on any atom is -0.446 e. The maximum absolute atomic E-state index is 14.4. The Balaban J connectivity index is 1.12. The van der Waals surface area contributed by atoms with Gasteiger partial charge in [-0.15, -0.1) is 0 Å². The molecule has 0 radical (unpaired) electrons. The standard InChI is InChI=1S/C36H47N5O10S/c42-31-30-18-27(51-35(46)40-20-23-8-6-7-9-24(23)21-40)22-41(30)32(43)29(37-34(45)50-26-14-16-49-17-15-26)11-5-3-1-2-4-10-25-19-36(25,38-31)33(44)39-52(47,48)28-12-13-28/h4,6-10,25-30H,1-3,5,11-22H2,(H,37,45)(H,38,42)(H,39,44)/b10-4-/t25-,27-,29+,30+,36-/m1/s1. The molecule has 6 aliphatic rings. The maximum atomic E-state index is 14.4. The number of sulfonamides is 1. The maximum Gasteiger partial charge on any atom is 0.410 e. The molecule has 52 heavy (non-hydrogen) atoms. The SMILES string of the molecule is O=C(N[C@H]1CCCCC/C=C\[C@@H]2C[C@@]2(C(=O)NS(=O)(=O)C2CC2)NC(=O)[C@@H]2C[C@@H](OC(=O)N3Cc4ccccc4C3)CN2C1=O)OC1CCOCC1. The van der Waals surface area contributed by atoms with Gasteiger partial charge in [-0.2, -0.15) is 0 Å². The van der Waals surface area contributed by atoms with Crippen molar-refractivity contribution in [2.24, 2.45) is 5.92 Å². The number of benzene rings is 1. The normalized spacial score (nSPS) is 30.4. The predicted molar refractivity (Wildman–Crippen MR) is 185 cm³/mol. The third kappa shape index (κ3) is 8.07. The van der Waals surface area contributed by atoms with E-state index in [1.54, 1.807) is 4.90 Å². The first-order valence-electron chi connectivity index (χ1n) is 18.4. The van der Waals surface area contributed by atoms with Gasteiger partial charge in [0.2, 0.25) is 21.8 Å². The molecule has 4 fully saturated rings. The van der Waals surface area contributed by atoms with Crippen molar-refractivity contribution in [3.05, 3.63) is 47.5 Å². The van der Waals surface area contributed by atoms with Gasteiger partial charge >= 0.3 is 12.2 Å². The van der Waals surface area contributed by atoms with E-state index >= 15 is 0 Å². The molecule has 16 heteroatoms. The van der Waals surface area contributed by atoms with E-state index in [0.29, 0.717) is 71.2 Å². The monoisotopic (exact) mass is 741 g/mol. The lowest BCUT2D eigenvalue weighted by Crippen LogP contribution is -2.58. The predicted octanol–water partition coefficient (Wildman–Crippen LogP) is 2.39. The third-order valence-electron chi connectivity index (χ3n) is 10.9. The third-order valence-corrected chi connectivity index (χ3v) is 12.8. The summed E-state index contributed by atoms with van der Waals surface area (Å²) >= 11 is 0. The van der Waals surface area contributed by atoms with Crippen LogP contribution in [0, 0.1) is 5.92 Å². The molecule has 3 N–H and O–H groups in total. The Morgan fingerprint density at radius 1 is 0.923 bits per heavy atom. The topological polar surface area (TPSA) is 190 Å². The van der Waals surface area contributed by atoms with Crippen LogP contribution in [0.3, 0.4) is 0 Å². The Kier molecular flexibility index (Phi) is 10.5. The summed E-state index contributed by atoms with van der Waals surface area (Å²) in [6.07, 6.45) is 6.51. The summed E-state index contributed by atoms with van der Waals surface area (Å²) in [6, 6.07) is 5.50. The van der Waals surface area contributed by atoms with E-state index < -0.39 is 74.8 Å². The number of ether oxygens (including phenoxy) is 3. The summed E-state index contributed by atoms with van der Waals surface area (Å²) in [5.74, 6) is -2.46. The van der Waals surface area contributed by atoms with Crippen molar-refractivity contribution >= 4 is 39.9 Å². The van der Waals surface area contributed by atoms with Crippen LogP contribution in [0.5, 0.6) is 0 Å². The molecule has 4 aliphatic heterocycles. The van der Waals surface area contributed by atoms with Gasteiger partial charge in [0.05, 0.1) is 25.0 Å². The highest BCUT2D eigenvalue weighted by Gasteiger charge is 2.62. The number of hydrogen-bond donors (Lipinski definition) is 3. The number of hydrogen-bond acceptors (Lipinski definition) is 10. The highest BCUT2D eigenvalue weighted by atomic mass is 32.2. The summed E-state index contributed by atoms with van der Waals surface area (Å²) in [7, 11) is -3.90. The Hall–Kier alpha value is -4.18. The van der Waals surface area contributed by atoms with Crippen molar-refractivity contribution in [3.63, 3.8) is 0 Å². The van der Waals surface area contributed by atoms with Crippen molar-refractivity contribution in [3.8, 4) is 0 Å². The molecular formula is C36H47N5O10S. The minimum atomic E-state index is -3.90. The fraction of sp³-hybridized carbons (Fsp3) is 0.639. The second kappa shape index (κ2) is 15.0. The molecular weight excluding hydrogens is 694 g/mol. The fourth-order valence-electron chi connectivity index (χ4n) is 7.65. The van der Waals surface area contributed by atoms with Crippen molar-refractivity contribution < 1.29 is 46.6 Å². The molecule has 0 bridgehead atoms. The van der Waals surface area contributed by atoms with Gasteiger partial charge in [0.15, 0.2) is 0 Å². The molecule has 5 amide bonds. The average molecular weight is 742 g/mol. The Morgan fingerprint density at radius 3 is 2.37 bits per heavy atom. The van der Waals surface area contributed by atoms with E-state index in [4.69, 9.17) is 14.2 Å². The van der Waals surface area contributed by atoms with Gasteiger partial charge < -0.3 is 29.7 Å². The van der Waals surface area contributed by atoms with E-state index in [9.17, 15) is 32.4 Å². The second-order valence-electron chi connectivity index (χ2n) is 14.8. The van der Waals surface area contributed by atoms with Crippen LogP contribution >= 0.6 is 0 Å². The quantitative estimate of drug-likeness (QED) is 0.365. The Morgan fingerprint density at radius 2 is 1.65 bits per heavy atom. The van der Waals surface area contributed by atoms with Crippen LogP contribution in [0.25, 0.3) is 0 Å². The molecule has 2 aliphatic carbocycles. The number of carbonyl (C=O) groups excluding carboxylic acids is 5. The van der Waals surface area contributed by atoms with Crippen molar-refractivity contribution in [1.82, 2.24) is 25.2 Å². The summed E-state index contributed by atoms with van der Waals surface area (Å²) in [5.41, 5.74) is 0.496. The summed E-state index contributed by atoms with van der Waals surface area (Å²) in [4.78, 5) is 71.6. The van der Waals surface area contributed by atoms with E-state index in [-0.39, 0.29) is 25.5 Å². The number of amides is 5. The molecule has 2 saturated carbocycles. The number of allylic oxidation sites excluding steroid dienone is 1. The van der Waals surface area contributed by atoms with Crippen molar-refractivity contribution in [1.29, 1.82) is 0 Å². The van der Waals surface area contributed by atoms with Gasteiger partial charge in [0.1, 0.15) is 29.8 Å². The number of carbonyl (C=O) groups is 5. The van der Waals surface area contributed by atoms with Crippen LogP contribution in [0.1, 0.15) is 81.8 Å². The van der Waals surface area contributed by atoms with Gasteiger partial charge in [-0.25, -0.2) is 18.0 Å². The number of nitrogens with one attached hydrogen (secondary N) is 3. The van der Waals surface area contributed by atoms with Crippen LogP contribution in [-0.4, -0.2) is 103 Å². The summed E-state index contributed by atoms with van der Waals surface area (Å²) < 4.78 is 44.6. The fourth-order valence-corrected chi connectivity index (χ4v) is 9.01. The first kappa shape index (κ1) is 36.2. The molecule has 1 aromatic rings. The van der Waals surface area contributed by atoms with Crippen LogP contribution in [0.2, 0.25) is 0 Å². The molecule has 0 aromatic heterocycles. The zero-order valence-corrected chi connectivity index (χ0v) is 29.9. The van der Waals surface area contributed by atoms with E-state index in [2.05, 4.69) is 15.4 Å². The van der Waals surface area contributed by atoms with Gasteiger partial charge in [0.25, 0.3) is 5.91 Å². The molecule has 0 unspecified atom stereocenters. The number of fused-ring (bicyclic) bond motifs is 3. The van der Waals surface area contributed by atoms with Crippen LogP contribution in [0.15, 0.2) is 36.4 Å². The molecule has 7 rings (SSSR count). The van der Waals surface area contributed by atoms with Crippen LogP contribution < -0.4 is 15.4 Å². The second-order valence-corrected chi connectivity index (χ2v) is 16.8. The smallest absolute Gasteiger partial charge is 0.410 e. The van der Waals surface area contributed by atoms with Gasteiger partial charge in [-0.05, 0) is 49.7 Å². The van der Waals surface area contributed by atoms with Gasteiger partial charge in [0, 0.05) is 38.3 Å². The number of alkyl carbamates (subject to hydrolysis) is 1. The molecule has 1 aromatic carbocycles. The lowest BCUT2D eigenvalue weighted by Gasteiger charge is -2.30. The molecule has 4 heterocycles. The zero-order chi connectivity index (χ0) is 36.5. The Labute approximate surface area is 303 Å². The minimum absolute atomic E-state index is 0.0537. The first-order chi connectivity index (χ1) is 25.0. The zero-order valence-electron chi connectivity index (χ0n) is 29.1. The highest BCUT2D eigenvalue weighted by molar-refractivity contribution is 7.91. The lowest BCUT2D eigenvalue weighted by atomic mass is 10.0. The Bertz CT molecular complexity index is 1680.